The summed E-state index contributed by atoms with van der Waals surface area (Å²) in [6, 6.07) is 13.8. The van der Waals surface area contributed by atoms with Crippen LogP contribution < -0.4 is 0 Å². The summed E-state index contributed by atoms with van der Waals surface area (Å²) in [6.07, 6.45) is 2.52. The van der Waals surface area contributed by atoms with Gasteiger partial charge in [0.1, 0.15) is 5.65 Å². The molecule has 0 aliphatic carbocycles. The smallest absolute Gasteiger partial charge is 0.152 e. The highest BCUT2D eigenvalue weighted by molar-refractivity contribution is 5.96. The summed E-state index contributed by atoms with van der Waals surface area (Å²) < 4.78 is 0. The Labute approximate surface area is 98.1 Å². The Balaban J connectivity index is 2.18. The zero-order chi connectivity index (χ0) is 11.7. The van der Waals surface area contributed by atoms with Crippen LogP contribution in [0.2, 0.25) is 0 Å². The van der Waals surface area contributed by atoms with E-state index in [1.165, 1.54) is 0 Å². The van der Waals surface area contributed by atoms with Gasteiger partial charge in [0.15, 0.2) is 6.29 Å². The molecule has 0 saturated carbocycles. The van der Waals surface area contributed by atoms with Crippen molar-refractivity contribution in [2.24, 2.45) is 0 Å². The molecule has 0 aliphatic heterocycles. The van der Waals surface area contributed by atoms with E-state index in [-0.39, 0.29) is 0 Å². The second kappa shape index (κ2) is 3.87. The predicted octanol–water partition coefficient (Wildman–Crippen LogP) is 3.04. The molecule has 3 nitrogen and oxygen atoms in total. The van der Waals surface area contributed by atoms with Gasteiger partial charge in [-0.2, -0.15) is 0 Å². The normalized spacial score (nSPS) is 10.6. The lowest BCUT2D eigenvalue weighted by molar-refractivity contribution is 0.112. The van der Waals surface area contributed by atoms with E-state index in [0.717, 1.165) is 28.6 Å². The van der Waals surface area contributed by atoms with E-state index >= 15 is 0 Å². The van der Waals surface area contributed by atoms with E-state index in [2.05, 4.69) is 9.97 Å². The summed E-state index contributed by atoms with van der Waals surface area (Å²) >= 11 is 0. The maximum atomic E-state index is 10.8. The minimum atomic E-state index is 0.645. The molecule has 0 spiro atoms. The van der Waals surface area contributed by atoms with E-state index in [1.807, 2.05) is 42.5 Å². The number of carbonyl (C=O) groups is 1. The lowest BCUT2D eigenvalue weighted by atomic mass is 10.1. The van der Waals surface area contributed by atoms with Gasteiger partial charge < -0.3 is 4.98 Å². The summed E-state index contributed by atoms with van der Waals surface area (Å²) in [5.74, 6) is 0. The molecule has 0 unspecified atom stereocenters. The quantitative estimate of drug-likeness (QED) is 0.677. The van der Waals surface area contributed by atoms with Crippen LogP contribution >= 0.6 is 0 Å². The van der Waals surface area contributed by atoms with Gasteiger partial charge in [0.05, 0.1) is 5.69 Å². The standard InChI is InChI=1S/C14H10N2O/c17-9-11-8-15-14-12(11)6-7-13(16-14)10-4-2-1-3-5-10/h1-9H,(H,15,16). The molecule has 0 amide bonds. The SMILES string of the molecule is O=Cc1c[nH]c2nc(-c3ccccc3)ccc12. The molecule has 17 heavy (non-hydrogen) atoms. The summed E-state index contributed by atoms with van der Waals surface area (Å²) in [7, 11) is 0. The van der Waals surface area contributed by atoms with E-state index in [1.54, 1.807) is 6.20 Å². The second-order valence-corrected chi connectivity index (χ2v) is 3.82. The number of nitrogens with zero attached hydrogens (tertiary/aromatic N) is 1. The molecule has 2 heterocycles. The summed E-state index contributed by atoms with van der Waals surface area (Å²) in [4.78, 5) is 18.3. The van der Waals surface area contributed by atoms with Crippen LogP contribution in [0.4, 0.5) is 0 Å². The number of hydrogen-bond donors (Lipinski definition) is 1. The Morgan fingerprint density at radius 2 is 1.88 bits per heavy atom. The molecular formula is C14H10N2O. The van der Waals surface area contributed by atoms with E-state index < -0.39 is 0 Å². The Kier molecular flexibility index (Phi) is 2.22. The van der Waals surface area contributed by atoms with Gasteiger partial charge in [-0.3, -0.25) is 4.79 Å². The Morgan fingerprint density at radius 3 is 2.65 bits per heavy atom. The van der Waals surface area contributed by atoms with Crippen molar-refractivity contribution in [1.82, 2.24) is 9.97 Å². The van der Waals surface area contributed by atoms with Crippen molar-refractivity contribution in [3.63, 3.8) is 0 Å². The first-order valence-electron chi connectivity index (χ1n) is 5.37. The largest absolute Gasteiger partial charge is 0.345 e. The molecule has 1 aromatic carbocycles. The fraction of sp³-hybridized carbons (Fsp3) is 0. The maximum absolute atomic E-state index is 10.8. The first-order valence-corrected chi connectivity index (χ1v) is 5.37. The van der Waals surface area contributed by atoms with Gasteiger partial charge >= 0.3 is 0 Å². The Morgan fingerprint density at radius 1 is 1.06 bits per heavy atom. The zero-order valence-corrected chi connectivity index (χ0v) is 9.05. The minimum Gasteiger partial charge on any atom is -0.345 e. The first kappa shape index (κ1) is 9.78. The highest BCUT2D eigenvalue weighted by Gasteiger charge is 2.05. The van der Waals surface area contributed by atoms with Crippen LogP contribution in [0.1, 0.15) is 10.4 Å². The average molecular weight is 222 g/mol. The molecule has 3 aromatic rings. The lowest BCUT2D eigenvalue weighted by Gasteiger charge is -2.00. The predicted molar refractivity (Wildman–Crippen MR) is 66.9 cm³/mol. The first-order chi connectivity index (χ1) is 8.38. The molecule has 3 rings (SSSR count). The van der Waals surface area contributed by atoms with Gasteiger partial charge in [-0.1, -0.05) is 30.3 Å². The van der Waals surface area contributed by atoms with E-state index in [4.69, 9.17) is 0 Å². The molecule has 2 aromatic heterocycles. The minimum absolute atomic E-state index is 0.645. The molecule has 0 atom stereocenters. The number of aromatic amines is 1. The number of fused-ring (bicyclic) bond motifs is 1. The van der Waals surface area contributed by atoms with Crippen molar-refractivity contribution >= 4 is 17.3 Å². The van der Waals surface area contributed by atoms with Gasteiger partial charge in [0.25, 0.3) is 0 Å². The number of aromatic nitrogens is 2. The molecule has 1 N–H and O–H groups in total. The number of nitrogens with one attached hydrogen (secondary N) is 1. The van der Waals surface area contributed by atoms with Crippen molar-refractivity contribution in [2.75, 3.05) is 0 Å². The molecule has 0 aliphatic rings. The number of benzene rings is 1. The number of rotatable bonds is 2. The number of H-pyrrole nitrogens is 1. The van der Waals surface area contributed by atoms with Crippen LogP contribution in [0.25, 0.3) is 22.3 Å². The molecule has 82 valence electrons. The molecule has 0 bridgehead atoms. The third-order valence-corrected chi connectivity index (χ3v) is 2.77. The van der Waals surface area contributed by atoms with Gasteiger partial charge in [-0.15, -0.1) is 0 Å². The highest BCUT2D eigenvalue weighted by atomic mass is 16.1. The number of aldehydes is 1. The summed E-state index contributed by atoms with van der Waals surface area (Å²) in [5, 5.41) is 0.861. The highest BCUT2D eigenvalue weighted by Crippen LogP contribution is 2.21. The summed E-state index contributed by atoms with van der Waals surface area (Å²) in [5.41, 5.74) is 3.36. The Hall–Kier alpha value is -2.42. The van der Waals surface area contributed by atoms with Crippen LogP contribution in [0.15, 0.2) is 48.7 Å². The fourth-order valence-corrected chi connectivity index (χ4v) is 1.89. The fourth-order valence-electron chi connectivity index (χ4n) is 1.89. The Bertz CT molecular complexity index is 671. The van der Waals surface area contributed by atoms with Crippen molar-refractivity contribution in [3.8, 4) is 11.3 Å². The van der Waals surface area contributed by atoms with Gasteiger partial charge in [-0.05, 0) is 12.1 Å². The summed E-state index contributed by atoms with van der Waals surface area (Å²) in [6.45, 7) is 0. The van der Waals surface area contributed by atoms with E-state index in [0.29, 0.717) is 5.56 Å². The van der Waals surface area contributed by atoms with Crippen LogP contribution in [-0.2, 0) is 0 Å². The van der Waals surface area contributed by atoms with Crippen molar-refractivity contribution in [2.45, 2.75) is 0 Å². The van der Waals surface area contributed by atoms with Crippen LogP contribution in [0.3, 0.4) is 0 Å². The monoisotopic (exact) mass is 222 g/mol. The molecule has 3 heteroatoms. The van der Waals surface area contributed by atoms with E-state index in [9.17, 15) is 4.79 Å². The third-order valence-electron chi connectivity index (χ3n) is 2.77. The zero-order valence-electron chi connectivity index (χ0n) is 9.05. The maximum Gasteiger partial charge on any atom is 0.152 e. The van der Waals surface area contributed by atoms with Crippen molar-refractivity contribution in [1.29, 1.82) is 0 Å². The van der Waals surface area contributed by atoms with Crippen LogP contribution in [0.5, 0.6) is 0 Å². The van der Waals surface area contributed by atoms with Gasteiger partial charge in [0, 0.05) is 22.7 Å². The molecular weight excluding hydrogens is 212 g/mol. The number of hydrogen-bond acceptors (Lipinski definition) is 2. The van der Waals surface area contributed by atoms with Gasteiger partial charge in [-0.25, -0.2) is 4.98 Å². The van der Waals surface area contributed by atoms with Crippen molar-refractivity contribution in [3.05, 3.63) is 54.2 Å². The van der Waals surface area contributed by atoms with Crippen molar-refractivity contribution < 1.29 is 4.79 Å². The molecule has 0 radical (unpaired) electrons. The number of pyridine rings is 1. The lowest BCUT2D eigenvalue weighted by Crippen LogP contribution is -1.84. The van der Waals surface area contributed by atoms with Gasteiger partial charge in [0.2, 0.25) is 0 Å². The molecule has 0 fully saturated rings. The third kappa shape index (κ3) is 1.61. The topological polar surface area (TPSA) is 45.8 Å². The van der Waals surface area contributed by atoms with Crippen LogP contribution in [-0.4, -0.2) is 16.3 Å². The van der Waals surface area contributed by atoms with Crippen LogP contribution in [0, 0.1) is 0 Å². The second-order valence-electron chi connectivity index (χ2n) is 3.82. The molecule has 0 saturated heterocycles. The number of carbonyl (C=O) groups excluding carboxylic acids is 1. The average Bonchev–Trinajstić information content (AvgIpc) is 2.81.